The maximum absolute atomic E-state index is 13.5. The summed E-state index contributed by atoms with van der Waals surface area (Å²) < 4.78 is 13.8. The first-order chi connectivity index (χ1) is 9.49. The molecule has 0 atom stereocenters. The lowest BCUT2D eigenvalue weighted by molar-refractivity contribution is 0.0784. The van der Waals surface area contributed by atoms with E-state index in [2.05, 4.69) is 15.9 Å². The van der Waals surface area contributed by atoms with E-state index in [1.807, 2.05) is 18.2 Å². The van der Waals surface area contributed by atoms with Crippen LogP contribution in [0.25, 0.3) is 0 Å². The summed E-state index contributed by atoms with van der Waals surface area (Å²) >= 11 is 9.12. The smallest absolute Gasteiger partial charge is 0.254 e. The number of rotatable bonds is 3. The summed E-state index contributed by atoms with van der Waals surface area (Å²) in [5.74, 6) is -0.710. The largest absolute Gasteiger partial charge is 0.337 e. The SMILES string of the molecule is CN(Cc1ccccc1Cl)C(=O)c1ccc(Br)c(F)c1. The van der Waals surface area contributed by atoms with Crippen molar-refractivity contribution in [2.45, 2.75) is 6.54 Å². The molecule has 2 aromatic rings. The normalized spacial score (nSPS) is 10.4. The van der Waals surface area contributed by atoms with Crippen molar-refractivity contribution < 1.29 is 9.18 Å². The lowest BCUT2D eigenvalue weighted by Gasteiger charge is -2.18. The van der Waals surface area contributed by atoms with Crippen LogP contribution in [0.2, 0.25) is 5.02 Å². The van der Waals surface area contributed by atoms with Crippen LogP contribution < -0.4 is 0 Å². The average molecular weight is 357 g/mol. The van der Waals surface area contributed by atoms with E-state index >= 15 is 0 Å². The van der Waals surface area contributed by atoms with E-state index in [4.69, 9.17) is 11.6 Å². The molecule has 0 saturated heterocycles. The van der Waals surface area contributed by atoms with Crippen LogP contribution in [0.4, 0.5) is 4.39 Å². The number of hydrogen-bond acceptors (Lipinski definition) is 1. The summed E-state index contributed by atoms with van der Waals surface area (Å²) in [6.45, 7) is 0.371. The number of hydrogen-bond donors (Lipinski definition) is 0. The van der Waals surface area contributed by atoms with Crippen LogP contribution in [0.1, 0.15) is 15.9 Å². The molecule has 2 rings (SSSR count). The average Bonchev–Trinajstić information content (AvgIpc) is 2.43. The molecule has 0 bridgehead atoms. The second kappa shape index (κ2) is 6.37. The number of nitrogens with zero attached hydrogens (tertiary/aromatic N) is 1. The molecular weight excluding hydrogens is 345 g/mol. The molecule has 2 aromatic carbocycles. The quantitative estimate of drug-likeness (QED) is 0.792. The van der Waals surface area contributed by atoms with Crippen molar-refractivity contribution in [1.29, 1.82) is 0 Å². The molecular formula is C15H12BrClFNO. The van der Waals surface area contributed by atoms with E-state index in [0.29, 0.717) is 21.6 Å². The van der Waals surface area contributed by atoms with Crippen LogP contribution >= 0.6 is 27.5 Å². The molecule has 0 unspecified atom stereocenters. The van der Waals surface area contributed by atoms with Crippen molar-refractivity contribution in [2.75, 3.05) is 7.05 Å². The summed E-state index contributed by atoms with van der Waals surface area (Å²) in [6, 6.07) is 11.6. The monoisotopic (exact) mass is 355 g/mol. The fourth-order valence-electron chi connectivity index (χ4n) is 1.80. The van der Waals surface area contributed by atoms with E-state index < -0.39 is 5.82 Å². The molecule has 5 heteroatoms. The van der Waals surface area contributed by atoms with Crippen LogP contribution in [0, 0.1) is 5.82 Å². The zero-order chi connectivity index (χ0) is 14.7. The van der Waals surface area contributed by atoms with Crippen molar-refractivity contribution in [2.24, 2.45) is 0 Å². The van der Waals surface area contributed by atoms with E-state index in [9.17, 15) is 9.18 Å². The van der Waals surface area contributed by atoms with E-state index in [0.717, 1.165) is 5.56 Å². The minimum absolute atomic E-state index is 0.253. The molecule has 0 heterocycles. The molecule has 0 saturated carbocycles. The Labute approximate surface area is 130 Å². The maximum Gasteiger partial charge on any atom is 0.254 e. The van der Waals surface area contributed by atoms with Gasteiger partial charge in [-0.25, -0.2) is 4.39 Å². The van der Waals surface area contributed by atoms with Crippen LogP contribution in [0.3, 0.4) is 0 Å². The van der Waals surface area contributed by atoms with Gasteiger partial charge >= 0.3 is 0 Å². The van der Waals surface area contributed by atoms with Gasteiger partial charge in [0.1, 0.15) is 5.82 Å². The van der Waals surface area contributed by atoms with Gasteiger partial charge in [-0.15, -0.1) is 0 Å². The van der Waals surface area contributed by atoms with Gasteiger partial charge in [-0.1, -0.05) is 29.8 Å². The minimum Gasteiger partial charge on any atom is -0.337 e. The summed E-state index contributed by atoms with van der Waals surface area (Å²) in [4.78, 5) is 13.7. The maximum atomic E-state index is 13.5. The molecule has 0 aliphatic rings. The van der Waals surface area contributed by atoms with Crippen molar-refractivity contribution in [3.8, 4) is 0 Å². The number of benzene rings is 2. The Balaban J connectivity index is 2.16. The third-order valence-corrected chi connectivity index (χ3v) is 3.89. The first-order valence-electron chi connectivity index (χ1n) is 5.93. The predicted octanol–water partition coefficient (Wildman–Crippen LogP) is 4.51. The third kappa shape index (κ3) is 3.38. The van der Waals surface area contributed by atoms with Gasteiger partial charge in [-0.05, 0) is 45.8 Å². The summed E-state index contributed by atoms with van der Waals surface area (Å²) in [5, 5.41) is 0.606. The van der Waals surface area contributed by atoms with Gasteiger partial charge in [-0.3, -0.25) is 4.79 Å². The Morgan fingerprint density at radius 1 is 1.30 bits per heavy atom. The van der Waals surface area contributed by atoms with Crippen molar-refractivity contribution in [3.63, 3.8) is 0 Å². The van der Waals surface area contributed by atoms with Gasteiger partial charge in [0.25, 0.3) is 5.91 Å². The lowest BCUT2D eigenvalue weighted by Crippen LogP contribution is -2.26. The standard InChI is InChI=1S/C15H12BrClFNO/c1-19(9-11-4-2-3-5-13(11)17)15(20)10-6-7-12(16)14(18)8-10/h2-8H,9H2,1H3. The van der Waals surface area contributed by atoms with Gasteiger partial charge in [-0.2, -0.15) is 0 Å². The third-order valence-electron chi connectivity index (χ3n) is 2.88. The molecule has 0 N–H and O–H groups in total. The topological polar surface area (TPSA) is 20.3 Å². The number of halogens is 3. The fraction of sp³-hybridized carbons (Fsp3) is 0.133. The van der Waals surface area contributed by atoms with E-state index in [1.165, 1.54) is 17.0 Å². The van der Waals surface area contributed by atoms with E-state index in [-0.39, 0.29) is 5.91 Å². The fourth-order valence-corrected chi connectivity index (χ4v) is 2.25. The minimum atomic E-state index is -0.456. The highest BCUT2D eigenvalue weighted by atomic mass is 79.9. The highest BCUT2D eigenvalue weighted by molar-refractivity contribution is 9.10. The number of amides is 1. The second-order valence-corrected chi connectivity index (χ2v) is 5.64. The highest BCUT2D eigenvalue weighted by Gasteiger charge is 2.14. The van der Waals surface area contributed by atoms with Gasteiger partial charge in [0.15, 0.2) is 0 Å². The Morgan fingerprint density at radius 3 is 2.65 bits per heavy atom. The Morgan fingerprint density at radius 2 is 2.00 bits per heavy atom. The van der Waals surface area contributed by atoms with Crippen LogP contribution in [0.15, 0.2) is 46.9 Å². The van der Waals surface area contributed by atoms with E-state index in [1.54, 1.807) is 19.2 Å². The van der Waals surface area contributed by atoms with Crippen LogP contribution in [-0.4, -0.2) is 17.9 Å². The summed E-state index contributed by atoms with van der Waals surface area (Å²) in [5.41, 5.74) is 1.16. The van der Waals surface area contributed by atoms with Crippen molar-refractivity contribution in [1.82, 2.24) is 4.90 Å². The molecule has 0 aliphatic carbocycles. The van der Waals surface area contributed by atoms with Crippen molar-refractivity contribution in [3.05, 3.63) is 68.9 Å². The number of carbonyl (C=O) groups is 1. The molecule has 0 fully saturated rings. The molecule has 0 radical (unpaired) electrons. The molecule has 1 amide bonds. The Kier molecular flexibility index (Phi) is 4.78. The first kappa shape index (κ1) is 15.0. The molecule has 104 valence electrons. The zero-order valence-corrected chi connectivity index (χ0v) is 13.1. The summed E-state index contributed by atoms with van der Waals surface area (Å²) in [7, 11) is 1.66. The first-order valence-corrected chi connectivity index (χ1v) is 7.10. The second-order valence-electron chi connectivity index (χ2n) is 4.38. The van der Waals surface area contributed by atoms with Crippen LogP contribution in [-0.2, 0) is 6.54 Å². The lowest BCUT2D eigenvalue weighted by atomic mass is 10.1. The van der Waals surface area contributed by atoms with Gasteiger partial charge in [0.05, 0.1) is 4.47 Å². The Bertz CT molecular complexity index is 648. The van der Waals surface area contributed by atoms with Gasteiger partial charge in [0.2, 0.25) is 0 Å². The molecule has 0 spiro atoms. The number of carbonyl (C=O) groups excluding carboxylic acids is 1. The highest BCUT2D eigenvalue weighted by Crippen LogP contribution is 2.20. The van der Waals surface area contributed by atoms with Crippen molar-refractivity contribution >= 4 is 33.4 Å². The van der Waals surface area contributed by atoms with Crippen LogP contribution in [0.5, 0.6) is 0 Å². The Hall–Kier alpha value is -1.39. The summed E-state index contributed by atoms with van der Waals surface area (Å²) in [6.07, 6.45) is 0. The predicted molar refractivity (Wildman–Crippen MR) is 81.3 cm³/mol. The molecule has 2 nitrogen and oxygen atoms in total. The van der Waals surface area contributed by atoms with Gasteiger partial charge in [0, 0.05) is 24.2 Å². The zero-order valence-electron chi connectivity index (χ0n) is 10.7. The van der Waals surface area contributed by atoms with Gasteiger partial charge < -0.3 is 4.90 Å². The molecule has 0 aromatic heterocycles. The molecule has 20 heavy (non-hydrogen) atoms. The molecule has 0 aliphatic heterocycles.